The molecule has 4 rings (SSSR count). The molecular formula is C21H24ClN7. The third kappa shape index (κ3) is 4.35. The summed E-state index contributed by atoms with van der Waals surface area (Å²) in [6.07, 6.45) is 3.66. The summed E-state index contributed by atoms with van der Waals surface area (Å²) in [4.78, 5) is 20.4. The molecule has 3 aromatic rings. The molecule has 1 saturated heterocycles. The highest BCUT2D eigenvalue weighted by Crippen LogP contribution is 2.30. The highest BCUT2D eigenvalue weighted by Gasteiger charge is 2.21. The van der Waals surface area contributed by atoms with Crippen molar-refractivity contribution >= 4 is 40.6 Å². The second-order valence-corrected chi connectivity index (χ2v) is 7.48. The van der Waals surface area contributed by atoms with E-state index in [0.717, 1.165) is 55.1 Å². The van der Waals surface area contributed by atoms with Gasteiger partial charge in [-0.05, 0) is 24.3 Å². The summed E-state index contributed by atoms with van der Waals surface area (Å²) in [6, 6.07) is 13.7. The fraction of sp³-hybridized carbons (Fsp3) is 0.286. The number of hydrogen-bond donors (Lipinski definition) is 1. The first kappa shape index (κ1) is 19.3. The Hall–Kier alpha value is -3.06. The summed E-state index contributed by atoms with van der Waals surface area (Å²) in [6.45, 7) is 3.47. The van der Waals surface area contributed by atoms with Crippen LogP contribution in [0, 0.1) is 0 Å². The fourth-order valence-electron chi connectivity index (χ4n) is 3.33. The molecule has 0 unspecified atom stereocenters. The summed E-state index contributed by atoms with van der Waals surface area (Å²) in [5.74, 6) is 2.57. The highest BCUT2D eigenvalue weighted by molar-refractivity contribution is 6.33. The molecule has 0 bridgehead atoms. The number of anilines is 5. The van der Waals surface area contributed by atoms with Crippen LogP contribution in [0.1, 0.15) is 0 Å². The number of pyridine rings is 1. The molecule has 3 heterocycles. The SMILES string of the molecule is CN(C)c1nc(N2CCN(c3ccccn3)CC2)ncc1Nc1ccccc1Cl. The molecule has 1 aromatic carbocycles. The average molecular weight is 410 g/mol. The Balaban J connectivity index is 1.50. The molecule has 7 nitrogen and oxygen atoms in total. The Morgan fingerprint density at radius 2 is 1.62 bits per heavy atom. The van der Waals surface area contributed by atoms with Crippen molar-refractivity contribution in [3.05, 3.63) is 59.9 Å². The molecule has 0 spiro atoms. The van der Waals surface area contributed by atoms with Gasteiger partial charge in [-0.3, -0.25) is 0 Å². The molecule has 1 aliphatic rings. The molecule has 0 aliphatic carbocycles. The third-order valence-corrected chi connectivity index (χ3v) is 5.19. The van der Waals surface area contributed by atoms with Gasteiger partial charge < -0.3 is 20.0 Å². The first-order valence-corrected chi connectivity index (χ1v) is 9.96. The van der Waals surface area contributed by atoms with E-state index in [1.807, 2.05) is 73.9 Å². The molecule has 1 N–H and O–H groups in total. The van der Waals surface area contributed by atoms with Crippen molar-refractivity contribution in [3.8, 4) is 0 Å². The molecule has 150 valence electrons. The Bertz CT molecular complexity index is 956. The van der Waals surface area contributed by atoms with Crippen LogP contribution in [0.25, 0.3) is 0 Å². The lowest BCUT2D eigenvalue weighted by Gasteiger charge is -2.35. The molecule has 29 heavy (non-hydrogen) atoms. The monoisotopic (exact) mass is 409 g/mol. The van der Waals surface area contributed by atoms with Crippen LogP contribution in [0.5, 0.6) is 0 Å². The summed E-state index contributed by atoms with van der Waals surface area (Å²) in [5.41, 5.74) is 1.65. The van der Waals surface area contributed by atoms with Crippen LogP contribution >= 0.6 is 11.6 Å². The predicted molar refractivity (Wildman–Crippen MR) is 120 cm³/mol. The van der Waals surface area contributed by atoms with Gasteiger partial charge in [0.1, 0.15) is 11.5 Å². The number of piperazine rings is 1. The van der Waals surface area contributed by atoms with Gasteiger partial charge in [0.25, 0.3) is 0 Å². The van der Waals surface area contributed by atoms with Gasteiger partial charge in [0.2, 0.25) is 5.95 Å². The Kier molecular flexibility index (Phi) is 5.67. The number of nitrogens with one attached hydrogen (secondary N) is 1. The van der Waals surface area contributed by atoms with E-state index in [9.17, 15) is 0 Å². The molecule has 1 aliphatic heterocycles. The zero-order chi connectivity index (χ0) is 20.2. The van der Waals surface area contributed by atoms with Crippen LogP contribution in [0.15, 0.2) is 54.9 Å². The smallest absolute Gasteiger partial charge is 0.227 e. The number of nitrogens with zero attached hydrogens (tertiary/aromatic N) is 6. The maximum absolute atomic E-state index is 6.29. The molecule has 0 radical (unpaired) electrons. The van der Waals surface area contributed by atoms with E-state index in [2.05, 4.69) is 25.1 Å². The molecular weight excluding hydrogens is 386 g/mol. The van der Waals surface area contributed by atoms with E-state index in [4.69, 9.17) is 16.6 Å². The van der Waals surface area contributed by atoms with Gasteiger partial charge in [-0.25, -0.2) is 9.97 Å². The number of halogens is 1. The van der Waals surface area contributed by atoms with Crippen LogP contribution in [0.2, 0.25) is 5.02 Å². The Morgan fingerprint density at radius 1 is 0.897 bits per heavy atom. The van der Waals surface area contributed by atoms with Gasteiger partial charge >= 0.3 is 0 Å². The first-order chi connectivity index (χ1) is 14.1. The third-order valence-electron chi connectivity index (χ3n) is 4.86. The second kappa shape index (κ2) is 8.53. The normalized spacial score (nSPS) is 14.0. The van der Waals surface area contributed by atoms with Crippen molar-refractivity contribution in [2.24, 2.45) is 0 Å². The lowest BCUT2D eigenvalue weighted by Crippen LogP contribution is -2.47. The average Bonchev–Trinajstić information content (AvgIpc) is 2.76. The maximum atomic E-state index is 6.29. The van der Waals surface area contributed by atoms with Crippen LogP contribution in [-0.4, -0.2) is 55.2 Å². The second-order valence-electron chi connectivity index (χ2n) is 7.07. The minimum absolute atomic E-state index is 0.659. The zero-order valence-corrected chi connectivity index (χ0v) is 17.3. The standard InChI is InChI=1S/C21H24ClN7/c1-27(2)20-18(25-17-8-4-3-7-16(17)22)15-24-21(26-20)29-13-11-28(12-14-29)19-9-5-6-10-23-19/h3-10,15,25H,11-14H2,1-2H3. The number of hydrogen-bond acceptors (Lipinski definition) is 7. The number of para-hydroxylation sites is 1. The zero-order valence-electron chi connectivity index (χ0n) is 16.6. The van der Waals surface area contributed by atoms with Crippen molar-refractivity contribution in [1.29, 1.82) is 0 Å². The van der Waals surface area contributed by atoms with E-state index in [1.54, 1.807) is 0 Å². The predicted octanol–water partition coefficient (Wildman–Crippen LogP) is 3.66. The quantitative estimate of drug-likeness (QED) is 0.689. The number of rotatable bonds is 5. The van der Waals surface area contributed by atoms with Crippen LogP contribution in [0.4, 0.5) is 29.0 Å². The van der Waals surface area contributed by atoms with E-state index < -0.39 is 0 Å². The first-order valence-electron chi connectivity index (χ1n) is 9.58. The van der Waals surface area contributed by atoms with Crippen molar-refractivity contribution in [2.75, 3.05) is 60.3 Å². The highest BCUT2D eigenvalue weighted by atomic mass is 35.5. The Morgan fingerprint density at radius 3 is 2.31 bits per heavy atom. The summed E-state index contributed by atoms with van der Waals surface area (Å²) >= 11 is 6.29. The van der Waals surface area contributed by atoms with Gasteiger partial charge in [-0.2, -0.15) is 4.98 Å². The summed E-state index contributed by atoms with van der Waals surface area (Å²) < 4.78 is 0. The summed E-state index contributed by atoms with van der Waals surface area (Å²) in [5, 5.41) is 4.01. The number of benzene rings is 1. The van der Waals surface area contributed by atoms with E-state index in [0.29, 0.717) is 5.02 Å². The Labute approximate surface area is 176 Å². The lowest BCUT2D eigenvalue weighted by molar-refractivity contribution is 0.634. The molecule has 2 aromatic heterocycles. The van der Waals surface area contributed by atoms with E-state index >= 15 is 0 Å². The van der Waals surface area contributed by atoms with Gasteiger partial charge in [0.05, 0.1) is 16.9 Å². The molecule has 8 heteroatoms. The van der Waals surface area contributed by atoms with Crippen molar-refractivity contribution in [1.82, 2.24) is 15.0 Å². The van der Waals surface area contributed by atoms with Crippen molar-refractivity contribution < 1.29 is 0 Å². The summed E-state index contributed by atoms with van der Waals surface area (Å²) in [7, 11) is 3.95. The lowest BCUT2D eigenvalue weighted by atomic mass is 10.3. The van der Waals surface area contributed by atoms with E-state index in [1.165, 1.54) is 0 Å². The number of aromatic nitrogens is 3. The molecule has 0 saturated carbocycles. The topological polar surface area (TPSA) is 60.4 Å². The molecule has 1 fully saturated rings. The van der Waals surface area contributed by atoms with Crippen LogP contribution in [-0.2, 0) is 0 Å². The minimum Gasteiger partial charge on any atom is -0.361 e. The largest absolute Gasteiger partial charge is 0.361 e. The maximum Gasteiger partial charge on any atom is 0.227 e. The minimum atomic E-state index is 0.659. The van der Waals surface area contributed by atoms with Crippen LogP contribution in [0.3, 0.4) is 0 Å². The van der Waals surface area contributed by atoms with Gasteiger partial charge in [-0.15, -0.1) is 0 Å². The molecule has 0 amide bonds. The van der Waals surface area contributed by atoms with E-state index in [-0.39, 0.29) is 0 Å². The van der Waals surface area contributed by atoms with Crippen molar-refractivity contribution in [2.45, 2.75) is 0 Å². The fourth-order valence-corrected chi connectivity index (χ4v) is 3.51. The van der Waals surface area contributed by atoms with Crippen molar-refractivity contribution in [3.63, 3.8) is 0 Å². The van der Waals surface area contributed by atoms with Gasteiger partial charge in [-0.1, -0.05) is 29.8 Å². The van der Waals surface area contributed by atoms with Crippen LogP contribution < -0.4 is 20.0 Å². The van der Waals surface area contributed by atoms with Gasteiger partial charge in [0, 0.05) is 46.5 Å². The van der Waals surface area contributed by atoms with Gasteiger partial charge in [0.15, 0.2) is 5.82 Å². The molecule has 0 atom stereocenters.